The average Bonchev–Trinajstić information content (AvgIpc) is 2.21. The zero-order chi connectivity index (χ0) is 13.1. The number of nitrogens with one attached hydrogen (secondary N) is 1. The zero-order valence-corrected chi connectivity index (χ0v) is 11.5. The Morgan fingerprint density at radius 1 is 1.41 bits per heavy atom. The fourth-order valence-electron chi connectivity index (χ4n) is 1.25. The van der Waals surface area contributed by atoms with E-state index in [-0.39, 0.29) is 11.4 Å². The van der Waals surface area contributed by atoms with Gasteiger partial charge in [0, 0.05) is 0 Å². The Labute approximate surface area is 107 Å². The molecule has 1 rings (SSSR count). The minimum Gasteiger partial charge on any atom is -0.397 e. The number of nitrogen functional groups attached to an aromatic ring is 1. The number of para-hydroxylation sites is 1. The van der Waals surface area contributed by atoms with Gasteiger partial charge in [0.2, 0.25) is 10.0 Å². The molecule has 96 valence electrons. The van der Waals surface area contributed by atoms with E-state index < -0.39 is 10.0 Å². The molecule has 0 bridgehead atoms. The van der Waals surface area contributed by atoms with Crippen molar-refractivity contribution in [1.29, 1.82) is 0 Å². The molecule has 0 amide bonds. The summed E-state index contributed by atoms with van der Waals surface area (Å²) in [4.78, 5) is 0. The lowest BCUT2D eigenvalue weighted by atomic mass is 10.2. The summed E-state index contributed by atoms with van der Waals surface area (Å²) in [5, 5.41) is 0.304. The number of hydrogen-bond acceptors (Lipinski definition) is 3. The molecule has 0 aliphatic rings. The van der Waals surface area contributed by atoms with Crippen molar-refractivity contribution in [2.24, 2.45) is 5.92 Å². The molecule has 0 aliphatic carbocycles. The molecule has 0 radical (unpaired) electrons. The standard InChI is InChI=1S/C11H17ClN2O2S/c1-8(2)6-7-17(15,16)14-11-9(12)4-3-5-10(11)13/h3-5,8,14H,6-7,13H2,1-2H3. The fourth-order valence-corrected chi connectivity index (χ4v) is 2.95. The van der Waals surface area contributed by atoms with Crippen molar-refractivity contribution in [3.05, 3.63) is 23.2 Å². The molecule has 0 heterocycles. The van der Waals surface area contributed by atoms with Crippen LogP contribution in [-0.2, 0) is 10.0 Å². The maximum Gasteiger partial charge on any atom is 0.232 e. The first-order valence-electron chi connectivity index (χ1n) is 5.36. The summed E-state index contributed by atoms with van der Waals surface area (Å²) in [5.41, 5.74) is 6.26. The maximum absolute atomic E-state index is 11.8. The number of sulfonamides is 1. The van der Waals surface area contributed by atoms with Gasteiger partial charge in [-0.1, -0.05) is 31.5 Å². The topological polar surface area (TPSA) is 72.2 Å². The first kappa shape index (κ1) is 14.1. The van der Waals surface area contributed by atoms with Gasteiger partial charge in [-0.2, -0.15) is 0 Å². The quantitative estimate of drug-likeness (QED) is 0.812. The van der Waals surface area contributed by atoms with Gasteiger partial charge in [-0.15, -0.1) is 0 Å². The van der Waals surface area contributed by atoms with Gasteiger partial charge in [0.1, 0.15) is 0 Å². The monoisotopic (exact) mass is 276 g/mol. The summed E-state index contributed by atoms with van der Waals surface area (Å²) >= 11 is 5.89. The highest BCUT2D eigenvalue weighted by atomic mass is 35.5. The highest BCUT2D eigenvalue weighted by Gasteiger charge is 2.14. The van der Waals surface area contributed by atoms with Crippen molar-refractivity contribution < 1.29 is 8.42 Å². The summed E-state index contributed by atoms with van der Waals surface area (Å²) in [6, 6.07) is 4.87. The van der Waals surface area contributed by atoms with Gasteiger partial charge in [-0.25, -0.2) is 8.42 Å². The number of anilines is 2. The molecule has 4 nitrogen and oxygen atoms in total. The van der Waals surface area contributed by atoms with Crippen LogP contribution in [0.1, 0.15) is 20.3 Å². The molecule has 0 unspecified atom stereocenters. The predicted molar refractivity (Wildman–Crippen MR) is 72.7 cm³/mol. The van der Waals surface area contributed by atoms with E-state index in [1.54, 1.807) is 18.2 Å². The molecule has 0 saturated carbocycles. The van der Waals surface area contributed by atoms with Crippen molar-refractivity contribution in [1.82, 2.24) is 0 Å². The number of nitrogens with two attached hydrogens (primary N) is 1. The van der Waals surface area contributed by atoms with E-state index in [2.05, 4.69) is 4.72 Å². The summed E-state index contributed by atoms with van der Waals surface area (Å²) in [7, 11) is -3.39. The van der Waals surface area contributed by atoms with Crippen molar-refractivity contribution in [3.8, 4) is 0 Å². The van der Waals surface area contributed by atoms with Gasteiger partial charge < -0.3 is 5.73 Å². The Kier molecular flexibility index (Phi) is 4.65. The average molecular weight is 277 g/mol. The molecule has 0 aliphatic heterocycles. The van der Waals surface area contributed by atoms with Crippen molar-refractivity contribution in [2.45, 2.75) is 20.3 Å². The lowest BCUT2D eigenvalue weighted by Gasteiger charge is -2.12. The Bertz CT molecular complexity index is 466. The highest BCUT2D eigenvalue weighted by Crippen LogP contribution is 2.28. The van der Waals surface area contributed by atoms with E-state index >= 15 is 0 Å². The van der Waals surface area contributed by atoms with Gasteiger partial charge in [-0.3, -0.25) is 4.72 Å². The van der Waals surface area contributed by atoms with Crippen LogP contribution in [0.2, 0.25) is 5.02 Å². The Balaban J connectivity index is 2.83. The number of rotatable bonds is 5. The first-order valence-corrected chi connectivity index (χ1v) is 7.39. The second-order valence-corrected chi connectivity index (χ2v) is 6.56. The van der Waals surface area contributed by atoms with Gasteiger partial charge in [0.05, 0.1) is 22.2 Å². The van der Waals surface area contributed by atoms with E-state index in [0.717, 1.165) is 0 Å². The Hall–Kier alpha value is -0.940. The lowest BCUT2D eigenvalue weighted by molar-refractivity contribution is 0.578. The number of hydrogen-bond donors (Lipinski definition) is 2. The summed E-state index contributed by atoms with van der Waals surface area (Å²) < 4.78 is 26.0. The van der Waals surface area contributed by atoms with Crippen molar-refractivity contribution >= 4 is 33.0 Å². The molecule has 6 heteroatoms. The van der Waals surface area contributed by atoms with Gasteiger partial charge >= 0.3 is 0 Å². The molecule has 3 N–H and O–H groups in total. The van der Waals surface area contributed by atoms with Crippen LogP contribution in [0.3, 0.4) is 0 Å². The van der Waals surface area contributed by atoms with Crippen LogP contribution in [0.15, 0.2) is 18.2 Å². The van der Waals surface area contributed by atoms with E-state index in [9.17, 15) is 8.42 Å². The van der Waals surface area contributed by atoms with E-state index in [1.165, 1.54) is 0 Å². The van der Waals surface area contributed by atoms with Crippen LogP contribution in [0.4, 0.5) is 11.4 Å². The van der Waals surface area contributed by atoms with Crippen LogP contribution >= 0.6 is 11.6 Å². The predicted octanol–water partition coefficient (Wildman–Crippen LogP) is 2.71. The van der Waals surface area contributed by atoms with Crippen molar-refractivity contribution in [3.63, 3.8) is 0 Å². The number of benzene rings is 1. The largest absolute Gasteiger partial charge is 0.397 e. The molecule has 0 aromatic heterocycles. The molecule has 0 atom stereocenters. The zero-order valence-electron chi connectivity index (χ0n) is 9.90. The Morgan fingerprint density at radius 3 is 2.59 bits per heavy atom. The van der Waals surface area contributed by atoms with Gasteiger partial charge in [0.25, 0.3) is 0 Å². The molecule has 0 saturated heterocycles. The van der Waals surface area contributed by atoms with Crippen LogP contribution in [0.25, 0.3) is 0 Å². The lowest BCUT2D eigenvalue weighted by Crippen LogP contribution is -2.19. The maximum atomic E-state index is 11.8. The van der Waals surface area contributed by atoms with Crippen molar-refractivity contribution in [2.75, 3.05) is 16.2 Å². The van der Waals surface area contributed by atoms with Gasteiger partial charge in [0.15, 0.2) is 0 Å². The minimum absolute atomic E-state index is 0.0648. The normalized spacial score (nSPS) is 11.8. The van der Waals surface area contributed by atoms with Crippen LogP contribution in [0.5, 0.6) is 0 Å². The summed E-state index contributed by atoms with van der Waals surface area (Å²) in [5.74, 6) is 0.394. The van der Waals surface area contributed by atoms with E-state index in [0.29, 0.717) is 23.0 Å². The third-order valence-electron chi connectivity index (χ3n) is 2.27. The molecule has 1 aromatic carbocycles. The van der Waals surface area contributed by atoms with E-state index in [1.807, 2.05) is 13.8 Å². The SMILES string of the molecule is CC(C)CCS(=O)(=O)Nc1c(N)cccc1Cl. The second-order valence-electron chi connectivity index (χ2n) is 4.31. The summed E-state index contributed by atoms with van der Waals surface area (Å²) in [6.45, 7) is 3.94. The van der Waals surface area contributed by atoms with Gasteiger partial charge in [-0.05, 0) is 24.5 Å². The molecule has 1 aromatic rings. The third kappa shape index (κ3) is 4.44. The third-order valence-corrected chi connectivity index (χ3v) is 3.87. The van der Waals surface area contributed by atoms with Crippen LogP contribution < -0.4 is 10.5 Å². The van der Waals surface area contributed by atoms with Crippen LogP contribution in [-0.4, -0.2) is 14.2 Å². The minimum atomic E-state index is -3.39. The molecule has 17 heavy (non-hydrogen) atoms. The smallest absolute Gasteiger partial charge is 0.232 e. The van der Waals surface area contributed by atoms with Crippen LogP contribution in [0, 0.1) is 5.92 Å². The molecule has 0 fully saturated rings. The first-order chi connectivity index (χ1) is 7.82. The molecular formula is C11H17ClN2O2S. The second kappa shape index (κ2) is 5.60. The fraction of sp³-hybridized carbons (Fsp3) is 0.455. The molecule has 0 spiro atoms. The molecular weight excluding hydrogens is 260 g/mol. The summed E-state index contributed by atoms with van der Waals surface area (Å²) in [6.07, 6.45) is 0.597. The highest BCUT2D eigenvalue weighted by molar-refractivity contribution is 7.92. The number of halogens is 1. The Morgan fingerprint density at radius 2 is 2.06 bits per heavy atom. The van der Waals surface area contributed by atoms with E-state index in [4.69, 9.17) is 17.3 Å².